The van der Waals surface area contributed by atoms with Gasteiger partial charge in [-0.05, 0) is 13.5 Å². The van der Waals surface area contributed by atoms with Crippen molar-refractivity contribution in [3.63, 3.8) is 0 Å². The summed E-state index contributed by atoms with van der Waals surface area (Å²) in [5, 5.41) is 0. The SMILES string of the molecule is CN1C2CC1CN(CS)C2. The molecule has 0 aromatic rings. The molecule has 3 heterocycles. The molecule has 0 N–H and O–H groups in total. The van der Waals surface area contributed by atoms with Gasteiger partial charge in [-0.3, -0.25) is 9.80 Å². The van der Waals surface area contributed by atoms with Crippen molar-refractivity contribution in [2.24, 2.45) is 0 Å². The summed E-state index contributed by atoms with van der Waals surface area (Å²) >= 11 is 4.26. The molecule has 2 nitrogen and oxygen atoms in total. The van der Waals surface area contributed by atoms with Gasteiger partial charge in [-0.2, -0.15) is 12.6 Å². The minimum atomic E-state index is 0.839. The molecular weight excluding hydrogens is 144 g/mol. The van der Waals surface area contributed by atoms with Gasteiger partial charge in [-0.25, -0.2) is 0 Å². The fourth-order valence-corrected chi connectivity index (χ4v) is 2.23. The topological polar surface area (TPSA) is 6.48 Å². The number of rotatable bonds is 1. The van der Waals surface area contributed by atoms with Crippen LogP contribution >= 0.6 is 12.6 Å². The molecule has 0 amide bonds. The molecule has 0 radical (unpaired) electrons. The number of nitrogens with zero attached hydrogens (tertiary/aromatic N) is 2. The minimum Gasteiger partial charge on any atom is -0.298 e. The largest absolute Gasteiger partial charge is 0.298 e. The number of piperazine rings is 1. The van der Waals surface area contributed by atoms with E-state index in [-0.39, 0.29) is 0 Å². The van der Waals surface area contributed by atoms with Gasteiger partial charge in [0.15, 0.2) is 0 Å². The van der Waals surface area contributed by atoms with Crippen LogP contribution in [0, 0.1) is 0 Å². The molecule has 3 rings (SSSR count). The lowest BCUT2D eigenvalue weighted by Gasteiger charge is -2.54. The summed E-state index contributed by atoms with van der Waals surface area (Å²) < 4.78 is 0. The zero-order valence-corrected chi connectivity index (χ0v) is 7.22. The van der Waals surface area contributed by atoms with E-state index in [1.165, 1.54) is 19.5 Å². The first-order valence-corrected chi connectivity index (χ1v) is 4.49. The van der Waals surface area contributed by atoms with Crippen molar-refractivity contribution in [2.45, 2.75) is 18.5 Å². The van der Waals surface area contributed by atoms with Gasteiger partial charge in [0.1, 0.15) is 0 Å². The molecule has 3 aliphatic heterocycles. The van der Waals surface area contributed by atoms with E-state index < -0.39 is 0 Å². The predicted molar refractivity (Wildman–Crippen MR) is 45.4 cm³/mol. The summed E-state index contributed by atoms with van der Waals surface area (Å²) in [6.45, 7) is 2.47. The summed E-state index contributed by atoms with van der Waals surface area (Å²) in [5.41, 5.74) is 0. The number of likely N-dealkylation sites (N-methyl/N-ethyl adjacent to an activating group) is 1. The third kappa shape index (κ3) is 0.881. The number of thiol groups is 1. The van der Waals surface area contributed by atoms with Crippen LogP contribution in [0.1, 0.15) is 6.42 Å². The molecule has 0 aromatic heterocycles. The second-order valence-electron chi connectivity index (χ2n) is 3.39. The third-order valence-electron chi connectivity index (χ3n) is 2.83. The van der Waals surface area contributed by atoms with Crippen molar-refractivity contribution in [3.05, 3.63) is 0 Å². The summed E-state index contributed by atoms with van der Waals surface area (Å²) in [7, 11) is 2.23. The predicted octanol–water partition coefficient (Wildman–Crippen LogP) is 0.262. The first kappa shape index (κ1) is 6.95. The average Bonchev–Trinajstić information content (AvgIpc) is 2.04. The number of piperidine rings is 1. The first-order chi connectivity index (χ1) is 4.81. The number of fused-ring (bicyclic) bond motifs is 2. The maximum atomic E-state index is 4.26. The molecule has 0 spiro atoms. The fourth-order valence-electron chi connectivity index (χ4n) is 2.00. The van der Waals surface area contributed by atoms with E-state index in [0.717, 1.165) is 18.0 Å². The maximum Gasteiger partial charge on any atom is 0.0415 e. The standard InChI is InChI=1S/C7H14N2S/c1-8-6-2-7(8)4-9(3-6)5-10/h6-7,10H,2-5H2,1H3. The molecule has 0 aromatic carbocycles. The normalized spacial score (nSPS) is 41.4. The van der Waals surface area contributed by atoms with Crippen LogP contribution in [0.15, 0.2) is 0 Å². The van der Waals surface area contributed by atoms with Gasteiger partial charge in [0, 0.05) is 31.0 Å². The van der Waals surface area contributed by atoms with Crippen LogP contribution in [-0.4, -0.2) is 47.9 Å². The molecule has 58 valence electrons. The van der Waals surface area contributed by atoms with E-state index in [1.54, 1.807) is 0 Å². The molecule has 0 aliphatic carbocycles. The summed E-state index contributed by atoms with van der Waals surface area (Å²) in [4.78, 5) is 4.90. The Balaban J connectivity index is 1.93. The number of hydrogen-bond acceptors (Lipinski definition) is 3. The van der Waals surface area contributed by atoms with Crippen LogP contribution in [0.2, 0.25) is 0 Å². The highest BCUT2D eigenvalue weighted by Crippen LogP contribution is 2.29. The van der Waals surface area contributed by atoms with E-state index in [0.29, 0.717) is 0 Å². The molecule has 2 bridgehead atoms. The smallest absolute Gasteiger partial charge is 0.0415 e. The van der Waals surface area contributed by atoms with Crippen LogP contribution in [0.25, 0.3) is 0 Å². The Morgan fingerprint density at radius 3 is 2.40 bits per heavy atom. The Kier molecular flexibility index (Phi) is 1.66. The van der Waals surface area contributed by atoms with Gasteiger partial charge in [0.2, 0.25) is 0 Å². The van der Waals surface area contributed by atoms with Gasteiger partial charge >= 0.3 is 0 Å². The van der Waals surface area contributed by atoms with Gasteiger partial charge in [-0.15, -0.1) is 0 Å². The van der Waals surface area contributed by atoms with Crippen LogP contribution in [0.4, 0.5) is 0 Å². The van der Waals surface area contributed by atoms with Crippen molar-refractivity contribution in [1.82, 2.24) is 9.80 Å². The van der Waals surface area contributed by atoms with Crippen LogP contribution in [0.3, 0.4) is 0 Å². The Hall–Kier alpha value is 0.270. The van der Waals surface area contributed by atoms with E-state index in [4.69, 9.17) is 0 Å². The molecule has 10 heavy (non-hydrogen) atoms. The second-order valence-corrected chi connectivity index (χ2v) is 3.67. The molecule has 3 heteroatoms. The number of hydrogen-bond donors (Lipinski definition) is 1. The van der Waals surface area contributed by atoms with Crippen molar-refractivity contribution >= 4 is 12.6 Å². The van der Waals surface area contributed by atoms with Gasteiger partial charge in [0.05, 0.1) is 0 Å². The average molecular weight is 158 g/mol. The zero-order valence-electron chi connectivity index (χ0n) is 6.32. The van der Waals surface area contributed by atoms with E-state index in [1.807, 2.05) is 0 Å². The quantitative estimate of drug-likeness (QED) is 0.547. The molecule has 2 unspecified atom stereocenters. The molecule has 3 fully saturated rings. The molecule has 3 aliphatic rings. The maximum absolute atomic E-state index is 4.26. The Morgan fingerprint density at radius 1 is 1.40 bits per heavy atom. The highest BCUT2D eigenvalue weighted by Gasteiger charge is 2.41. The van der Waals surface area contributed by atoms with Crippen LogP contribution < -0.4 is 0 Å². The van der Waals surface area contributed by atoms with E-state index in [2.05, 4.69) is 29.5 Å². The Morgan fingerprint density at radius 2 is 2.00 bits per heavy atom. The van der Waals surface area contributed by atoms with Crippen LogP contribution in [0.5, 0.6) is 0 Å². The second kappa shape index (κ2) is 2.40. The van der Waals surface area contributed by atoms with Crippen LogP contribution in [-0.2, 0) is 0 Å². The molecule has 2 atom stereocenters. The molecule has 0 saturated carbocycles. The van der Waals surface area contributed by atoms with Crippen molar-refractivity contribution in [2.75, 3.05) is 26.0 Å². The highest BCUT2D eigenvalue weighted by atomic mass is 32.1. The Bertz CT molecular complexity index is 128. The fraction of sp³-hybridized carbons (Fsp3) is 1.00. The van der Waals surface area contributed by atoms with Gasteiger partial charge < -0.3 is 0 Å². The van der Waals surface area contributed by atoms with E-state index in [9.17, 15) is 0 Å². The summed E-state index contributed by atoms with van der Waals surface area (Å²) in [6, 6.07) is 1.68. The van der Waals surface area contributed by atoms with Gasteiger partial charge in [0.25, 0.3) is 0 Å². The highest BCUT2D eigenvalue weighted by molar-refractivity contribution is 7.80. The zero-order chi connectivity index (χ0) is 7.14. The molecular formula is C7H14N2S. The lowest BCUT2D eigenvalue weighted by Crippen LogP contribution is -2.66. The lowest BCUT2D eigenvalue weighted by molar-refractivity contribution is -0.0430. The lowest BCUT2D eigenvalue weighted by atomic mass is 9.89. The first-order valence-electron chi connectivity index (χ1n) is 3.86. The molecule has 3 saturated heterocycles. The third-order valence-corrected chi connectivity index (χ3v) is 3.23. The Labute approximate surface area is 67.6 Å². The van der Waals surface area contributed by atoms with E-state index >= 15 is 0 Å². The summed E-state index contributed by atoms with van der Waals surface area (Å²) in [5.74, 6) is 0.931. The monoisotopic (exact) mass is 158 g/mol. The van der Waals surface area contributed by atoms with Crippen molar-refractivity contribution in [1.29, 1.82) is 0 Å². The van der Waals surface area contributed by atoms with Gasteiger partial charge in [-0.1, -0.05) is 0 Å². The van der Waals surface area contributed by atoms with Crippen molar-refractivity contribution < 1.29 is 0 Å². The minimum absolute atomic E-state index is 0.839. The summed E-state index contributed by atoms with van der Waals surface area (Å²) in [6.07, 6.45) is 1.42. The van der Waals surface area contributed by atoms with Crippen molar-refractivity contribution in [3.8, 4) is 0 Å².